The van der Waals surface area contributed by atoms with E-state index < -0.39 is 0 Å². The Morgan fingerprint density at radius 2 is 1.11 bits per heavy atom. The fourth-order valence-corrected chi connectivity index (χ4v) is 4.61. The van der Waals surface area contributed by atoms with Crippen molar-refractivity contribution < 1.29 is 9.13 Å². The normalized spacial score (nSPS) is 10.8. The standard InChI is InChI=1S/C17H22N.C16H20N/c1-12(2)15-7-9-17(18(5)11-15)16-8-6-13(3)10-14(16)4;1-5-14-7-9-16(17(4)11-14)15-8-6-12(2)10-13(15)3/h6-12H,1-5H3;6-11H,5H2,1-4H3/q2*+1. The maximum absolute atomic E-state index is 2.24. The molecule has 4 aromatic rings. The third-order valence-electron chi connectivity index (χ3n) is 6.74. The third kappa shape index (κ3) is 6.45. The number of benzene rings is 2. The van der Waals surface area contributed by atoms with Gasteiger partial charge in [0.15, 0.2) is 12.4 Å². The number of nitrogens with zero attached hydrogens (tertiary/aromatic N) is 2. The van der Waals surface area contributed by atoms with Gasteiger partial charge in [0, 0.05) is 34.4 Å². The van der Waals surface area contributed by atoms with Crippen LogP contribution in [-0.2, 0) is 20.5 Å². The summed E-state index contributed by atoms with van der Waals surface area (Å²) in [5.74, 6) is 0.573. The summed E-state index contributed by atoms with van der Waals surface area (Å²) in [7, 11) is 4.24. The second-order valence-corrected chi connectivity index (χ2v) is 10.1. The average molecular weight is 467 g/mol. The largest absolute Gasteiger partial charge is 0.212 e. The molecule has 0 atom stereocenters. The van der Waals surface area contributed by atoms with Crippen LogP contribution in [0.4, 0.5) is 0 Å². The Bertz CT molecular complexity index is 1310. The maximum atomic E-state index is 2.24. The van der Waals surface area contributed by atoms with Crippen molar-refractivity contribution in [3.63, 3.8) is 0 Å². The van der Waals surface area contributed by atoms with Gasteiger partial charge in [0.2, 0.25) is 11.4 Å². The van der Waals surface area contributed by atoms with Crippen LogP contribution in [0.25, 0.3) is 22.5 Å². The molecule has 2 heterocycles. The number of aromatic nitrogens is 2. The summed E-state index contributed by atoms with van der Waals surface area (Å²) >= 11 is 0. The fourth-order valence-electron chi connectivity index (χ4n) is 4.61. The lowest BCUT2D eigenvalue weighted by atomic mass is 10.00. The molecule has 2 aromatic carbocycles. The van der Waals surface area contributed by atoms with E-state index >= 15 is 0 Å². The van der Waals surface area contributed by atoms with Crippen LogP contribution in [-0.4, -0.2) is 0 Å². The summed E-state index contributed by atoms with van der Waals surface area (Å²) in [5, 5.41) is 0. The zero-order valence-electron chi connectivity index (χ0n) is 23.1. The third-order valence-corrected chi connectivity index (χ3v) is 6.74. The summed E-state index contributed by atoms with van der Waals surface area (Å²) in [5.41, 5.74) is 13.3. The zero-order valence-corrected chi connectivity index (χ0v) is 23.1. The molecule has 182 valence electrons. The monoisotopic (exact) mass is 466 g/mol. The Kier molecular flexibility index (Phi) is 8.62. The molecule has 0 N–H and O–H groups in total. The molecule has 0 bridgehead atoms. The first-order chi connectivity index (χ1) is 16.6. The van der Waals surface area contributed by atoms with E-state index in [1.165, 1.54) is 55.9 Å². The first-order valence-corrected chi connectivity index (χ1v) is 12.7. The summed E-state index contributed by atoms with van der Waals surface area (Å²) < 4.78 is 4.45. The Labute approximate surface area is 212 Å². The van der Waals surface area contributed by atoms with Crippen molar-refractivity contribution in [3.8, 4) is 22.5 Å². The highest BCUT2D eigenvalue weighted by Gasteiger charge is 2.14. The van der Waals surface area contributed by atoms with Crippen molar-refractivity contribution in [2.75, 3.05) is 0 Å². The van der Waals surface area contributed by atoms with Crippen molar-refractivity contribution in [3.05, 3.63) is 106 Å². The molecule has 0 spiro atoms. The average Bonchev–Trinajstić information content (AvgIpc) is 2.80. The van der Waals surface area contributed by atoms with Gasteiger partial charge in [-0.25, -0.2) is 9.13 Å². The molecule has 0 fully saturated rings. The molecule has 2 aromatic heterocycles. The second kappa shape index (κ2) is 11.4. The predicted octanol–water partition coefficient (Wildman–Crippen LogP) is 7.28. The molecule has 0 unspecified atom stereocenters. The topological polar surface area (TPSA) is 7.76 Å². The molecular formula is C33H42N2+2. The van der Waals surface area contributed by atoms with Crippen LogP contribution in [0, 0.1) is 27.7 Å². The highest BCUT2D eigenvalue weighted by atomic mass is 14.9. The van der Waals surface area contributed by atoms with E-state index in [1.54, 1.807) is 0 Å². The van der Waals surface area contributed by atoms with Gasteiger partial charge in [0.1, 0.15) is 14.1 Å². The first kappa shape index (κ1) is 26.3. The quantitative estimate of drug-likeness (QED) is 0.279. The van der Waals surface area contributed by atoms with Gasteiger partial charge >= 0.3 is 0 Å². The minimum absolute atomic E-state index is 0.573. The lowest BCUT2D eigenvalue weighted by molar-refractivity contribution is -0.661. The van der Waals surface area contributed by atoms with Crippen LogP contribution in [0.15, 0.2) is 73.1 Å². The fraction of sp³-hybridized carbons (Fsp3) is 0.333. The van der Waals surface area contributed by atoms with E-state index in [0.717, 1.165) is 6.42 Å². The molecule has 0 amide bonds. The maximum Gasteiger partial charge on any atom is 0.212 e. The lowest BCUT2D eigenvalue weighted by Crippen LogP contribution is -2.31. The van der Waals surface area contributed by atoms with E-state index in [1.807, 2.05) is 0 Å². The van der Waals surface area contributed by atoms with E-state index in [9.17, 15) is 0 Å². The van der Waals surface area contributed by atoms with Crippen molar-refractivity contribution in [1.82, 2.24) is 0 Å². The summed E-state index contributed by atoms with van der Waals surface area (Å²) in [4.78, 5) is 0. The van der Waals surface area contributed by atoms with Crippen LogP contribution in [0.3, 0.4) is 0 Å². The molecule has 2 nitrogen and oxygen atoms in total. The number of hydrogen-bond donors (Lipinski definition) is 0. The minimum Gasteiger partial charge on any atom is -0.201 e. The molecule has 0 aliphatic heterocycles. The number of pyridine rings is 2. The second-order valence-electron chi connectivity index (χ2n) is 10.1. The van der Waals surface area contributed by atoms with E-state index in [2.05, 4.69) is 145 Å². The molecule has 0 radical (unpaired) electrons. The Morgan fingerprint density at radius 1 is 0.629 bits per heavy atom. The van der Waals surface area contributed by atoms with E-state index in [0.29, 0.717) is 5.92 Å². The predicted molar refractivity (Wildman–Crippen MR) is 149 cm³/mol. The Hall–Kier alpha value is -3.26. The van der Waals surface area contributed by atoms with Crippen LogP contribution >= 0.6 is 0 Å². The zero-order chi connectivity index (χ0) is 25.7. The van der Waals surface area contributed by atoms with Crippen molar-refractivity contribution >= 4 is 0 Å². The van der Waals surface area contributed by atoms with Crippen LogP contribution in [0.1, 0.15) is 60.1 Å². The van der Waals surface area contributed by atoms with Gasteiger partial charge in [0.25, 0.3) is 0 Å². The summed E-state index contributed by atoms with van der Waals surface area (Å²) in [6, 6.07) is 22.2. The van der Waals surface area contributed by atoms with E-state index in [-0.39, 0.29) is 0 Å². The number of hydrogen-bond acceptors (Lipinski definition) is 0. The molecule has 0 saturated carbocycles. The van der Waals surface area contributed by atoms with Gasteiger partial charge in [-0.3, -0.25) is 0 Å². The molecule has 0 saturated heterocycles. The van der Waals surface area contributed by atoms with Gasteiger partial charge in [-0.2, -0.15) is 0 Å². The highest BCUT2D eigenvalue weighted by Crippen LogP contribution is 2.23. The van der Waals surface area contributed by atoms with Crippen molar-refractivity contribution in [2.45, 2.75) is 60.8 Å². The van der Waals surface area contributed by atoms with Gasteiger partial charge in [-0.1, -0.05) is 56.2 Å². The van der Waals surface area contributed by atoms with Crippen LogP contribution < -0.4 is 9.13 Å². The summed E-state index contributed by atoms with van der Waals surface area (Å²) in [6.07, 6.45) is 5.54. The summed E-state index contributed by atoms with van der Waals surface area (Å²) in [6.45, 7) is 15.3. The SMILES string of the molecule is CCc1ccc(-c2ccc(C)cc2C)[n+](C)c1.Cc1ccc(-c2ccc(C(C)C)c[n+]2C)c(C)c1. The molecular weight excluding hydrogens is 424 g/mol. The van der Waals surface area contributed by atoms with Gasteiger partial charge < -0.3 is 0 Å². The van der Waals surface area contributed by atoms with Gasteiger partial charge in [-0.15, -0.1) is 0 Å². The van der Waals surface area contributed by atoms with Gasteiger partial charge in [0.05, 0.1) is 0 Å². The molecule has 35 heavy (non-hydrogen) atoms. The molecule has 0 aliphatic rings. The van der Waals surface area contributed by atoms with E-state index in [4.69, 9.17) is 0 Å². The smallest absolute Gasteiger partial charge is 0.201 e. The highest BCUT2D eigenvalue weighted by molar-refractivity contribution is 5.62. The Balaban J connectivity index is 0.000000196. The van der Waals surface area contributed by atoms with Crippen molar-refractivity contribution in [1.29, 1.82) is 0 Å². The first-order valence-electron chi connectivity index (χ1n) is 12.7. The molecule has 2 heteroatoms. The van der Waals surface area contributed by atoms with Gasteiger partial charge in [-0.05, 0) is 75.4 Å². The van der Waals surface area contributed by atoms with Crippen molar-refractivity contribution in [2.24, 2.45) is 14.1 Å². The van der Waals surface area contributed by atoms with Crippen LogP contribution in [0.2, 0.25) is 0 Å². The molecule has 4 rings (SSSR count). The number of aryl methyl sites for hydroxylation is 7. The number of rotatable bonds is 4. The lowest BCUT2D eigenvalue weighted by Gasteiger charge is -2.08. The minimum atomic E-state index is 0.573. The Morgan fingerprint density at radius 3 is 1.51 bits per heavy atom. The molecule has 0 aliphatic carbocycles. The van der Waals surface area contributed by atoms with Crippen LogP contribution in [0.5, 0.6) is 0 Å².